The Bertz CT molecular complexity index is 355. The van der Waals surface area contributed by atoms with E-state index in [1.54, 1.807) is 13.0 Å². The number of ether oxygens (including phenoxy) is 1. The maximum Gasteiger partial charge on any atom is 0.231 e. The third-order valence-corrected chi connectivity index (χ3v) is 1.70. The molecule has 13 heavy (non-hydrogen) atoms. The van der Waals surface area contributed by atoms with Crippen molar-refractivity contribution in [1.82, 2.24) is 4.98 Å². The molecule has 0 atom stereocenters. The van der Waals surface area contributed by atoms with Gasteiger partial charge in [0.1, 0.15) is 11.6 Å². The van der Waals surface area contributed by atoms with Crippen LogP contribution in [0.3, 0.4) is 0 Å². The van der Waals surface area contributed by atoms with Crippen LogP contribution in [0.4, 0.5) is 0 Å². The minimum atomic E-state index is -0.150. The van der Waals surface area contributed by atoms with Crippen molar-refractivity contribution in [3.63, 3.8) is 0 Å². The first-order valence-corrected chi connectivity index (χ1v) is 3.78. The van der Waals surface area contributed by atoms with Crippen LogP contribution in [-0.4, -0.2) is 17.2 Å². The third kappa shape index (κ3) is 1.76. The van der Waals surface area contributed by atoms with E-state index >= 15 is 0 Å². The highest BCUT2D eigenvalue weighted by molar-refractivity contribution is 5.45. The molecule has 1 N–H and O–H groups in total. The van der Waals surface area contributed by atoms with Gasteiger partial charge >= 0.3 is 0 Å². The van der Waals surface area contributed by atoms with Gasteiger partial charge in [-0.3, -0.25) is 0 Å². The van der Waals surface area contributed by atoms with Crippen LogP contribution in [0.2, 0.25) is 0 Å². The van der Waals surface area contributed by atoms with Gasteiger partial charge in [0.15, 0.2) is 0 Å². The Morgan fingerprint density at radius 3 is 2.85 bits per heavy atom. The Morgan fingerprint density at radius 1 is 1.69 bits per heavy atom. The number of rotatable bonds is 2. The summed E-state index contributed by atoms with van der Waals surface area (Å²) >= 11 is 0. The Labute approximate surface area is 76.4 Å². The lowest BCUT2D eigenvalue weighted by atomic mass is 10.1. The second kappa shape index (κ2) is 3.87. The third-order valence-electron chi connectivity index (χ3n) is 1.70. The SMILES string of the molecule is COc1nc(CO)cc(C)c1C#N. The molecule has 0 radical (unpaired) electrons. The lowest BCUT2D eigenvalue weighted by Gasteiger charge is -2.05. The minimum absolute atomic E-state index is 0.150. The van der Waals surface area contributed by atoms with E-state index < -0.39 is 0 Å². The van der Waals surface area contributed by atoms with Crippen molar-refractivity contribution in [2.24, 2.45) is 0 Å². The standard InChI is InChI=1S/C9H10N2O2/c1-6-3-7(5-12)11-9(13-2)8(6)4-10/h3,12H,5H2,1-2H3. The van der Waals surface area contributed by atoms with Gasteiger partial charge < -0.3 is 9.84 Å². The van der Waals surface area contributed by atoms with E-state index in [1.807, 2.05) is 6.07 Å². The average Bonchev–Trinajstić information content (AvgIpc) is 2.16. The fraction of sp³-hybridized carbons (Fsp3) is 0.333. The van der Waals surface area contributed by atoms with Gasteiger partial charge in [-0.05, 0) is 18.6 Å². The van der Waals surface area contributed by atoms with Crippen molar-refractivity contribution in [2.45, 2.75) is 13.5 Å². The number of aliphatic hydroxyl groups excluding tert-OH is 1. The molecule has 0 aliphatic rings. The van der Waals surface area contributed by atoms with Gasteiger partial charge in [0.25, 0.3) is 0 Å². The first-order valence-electron chi connectivity index (χ1n) is 3.78. The zero-order chi connectivity index (χ0) is 9.84. The second-order valence-electron chi connectivity index (χ2n) is 2.58. The van der Waals surface area contributed by atoms with Gasteiger partial charge in [-0.15, -0.1) is 0 Å². The molecule has 0 aliphatic heterocycles. The summed E-state index contributed by atoms with van der Waals surface area (Å²) in [5, 5.41) is 17.6. The highest BCUT2D eigenvalue weighted by atomic mass is 16.5. The van der Waals surface area contributed by atoms with Gasteiger partial charge in [0, 0.05) is 0 Å². The highest BCUT2D eigenvalue weighted by Crippen LogP contribution is 2.19. The molecular weight excluding hydrogens is 168 g/mol. The summed E-state index contributed by atoms with van der Waals surface area (Å²) in [6.45, 7) is 1.63. The molecule has 1 aromatic heterocycles. The maximum atomic E-state index is 8.84. The predicted octanol–water partition coefficient (Wildman–Crippen LogP) is 0.763. The van der Waals surface area contributed by atoms with Crippen LogP contribution < -0.4 is 4.74 Å². The van der Waals surface area contributed by atoms with E-state index in [-0.39, 0.29) is 12.5 Å². The van der Waals surface area contributed by atoms with Crippen molar-refractivity contribution in [1.29, 1.82) is 5.26 Å². The van der Waals surface area contributed by atoms with Gasteiger partial charge in [-0.25, -0.2) is 4.98 Å². The number of nitriles is 1. The van der Waals surface area contributed by atoms with Crippen molar-refractivity contribution < 1.29 is 9.84 Å². The van der Waals surface area contributed by atoms with E-state index in [1.165, 1.54) is 7.11 Å². The lowest BCUT2D eigenvalue weighted by molar-refractivity contribution is 0.274. The molecule has 4 nitrogen and oxygen atoms in total. The zero-order valence-corrected chi connectivity index (χ0v) is 7.53. The van der Waals surface area contributed by atoms with Crippen molar-refractivity contribution in [3.8, 4) is 11.9 Å². The number of nitrogens with zero attached hydrogens (tertiary/aromatic N) is 2. The van der Waals surface area contributed by atoms with E-state index in [4.69, 9.17) is 15.1 Å². The number of hydrogen-bond donors (Lipinski definition) is 1. The Morgan fingerprint density at radius 2 is 2.38 bits per heavy atom. The smallest absolute Gasteiger partial charge is 0.231 e. The number of hydrogen-bond acceptors (Lipinski definition) is 4. The maximum absolute atomic E-state index is 8.84. The van der Waals surface area contributed by atoms with E-state index in [2.05, 4.69) is 4.98 Å². The fourth-order valence-electron chi connectivity index (χ4n) is 1.07. The molecule has 1 heterocycles. The number of methoxy groups -OCH3 is 1. The van der Waals surface area contributed by atoms with E-state index in [9.17, 15) is 0 Å². The summed E-state index contributed by atoms with van der Waals surface area (Å²) in [5.41, 5.74) is 1.69. The molecule has 0 bridgehead atoms. The first kappa shape index (κ1) is 9.49. The van der Waals surface area contributed by atoms with E-state index in [0.29, 0.717) is 11.3 Å². The van der Waals surface area contributed by atoms with Crippen molar-refractivity contribution in [2.75, 3.05) is 7.11 Å². The second-order valence-corrected chi connectivity index (χ2v) is 2.58. The fourth-order valence-corrected chi connectivity index (χ4v) is 1.07. The van der Waals surface area contributed by atoms with Crippen LogP contribution in [0.1, 0.15) is 16.8 Å². The van der Waals surface area contributed by atoms with Crippen LogP contribution in [0.25, 0.3) is 0 Å². The van der Waals surface area contributed by atoms with Gasteiger partial charge in [0.05, 0.1) is 19.4 Å². The average molecular weight is 178 g/mol. The summed E-state index contributed by atoms with van der Waals surface area (Å²) in [6, 6.07) is 3.66. The zero-order valence-electron chi connectivity index (χ0n) is 7.53. The summed E-state index contributed by atoms with van der Waals surface area (Å²) in [5.74, 6) is 0.270. The molecule has 0 saturated heterocycles. The number of aromatic nitrogens is 1. The van der Waals surface area contributed by atoms with Gasteiger partial charge in [-0.2, -0.15) is 5.26 Å². The molecule has 4 heteroatoms. The lowest BCUT2D eigenvalue weighted by Crippen LogP contribution is -1.99. The van der Waals surface area contributed by atoms with Gasteiger partial charge in [-0.1, -0.05) is 0 Å². The van der Waals surface area contributed by atoms with Crippen molar-refractivity contribution in [3.05, 3.63) is 22.9 Å². The minimum Gasteiger partial charge on any atom is -0.480 e. The molecule has 0 spiro atoms. The van der Waals surface area contributed by atoms with Crippen LogP contribution in [0, 0.1) is 18.3 Å². The Balaban J connectivity index is 3.31. The molecular formula is C9H10N2O2. The molecule has 68 valence electrons. The molecule has 0 aromatic carbocycles. The van der Waals surface area contributed by atoms with Crippen LogP contribution >= 0.6 is 0 Å². The molecule has 0 fully saturated rings. The summed E-state index contributed by atoms with van der Waals surface area (Å²) in [7, 11) is 1.45. The first-order chi connectivity index (χ1) is 6.22. The molecule has 1 aromatic rings. The van der Waals surface area contributed by atoms with Crippen LogP contribution in [-0.2, 0) is 6.61 Å². The van der Waals surface area contributed by atoms with E-state index in [0.717, 1.165) is 5.56 Å². The van der Waals surface area contributed by atoms with Gasteiger partial charge in [0.2, 0.25) is 5.88 Å². The predicted molar refractivity (Wildman–Crippen MR) is 46.2 cm³/mol. The van der Waals surface area contributed by atoms with Crippen LogP contribution in [0.5, 0.6) is 5.88 Å². The monoisotopic (exact) mass is 178 g/mol. The Hall–Kier alpha value is -1.60. The topological polar surface area (TPSA) is 66.1 Å². The highest BCUT2D eigenvalue weighted by Gasteiger charge is 2.09. The largest absolute Gasteiger partial charge is 0.480 e. The number of aryl methyl sites for hydroxylation is 1. The Kier molecular flexibility index (Phi) is 2.83. The molecule has 0 amide bonds. The van der Waals surface area contributed by atoms with Crippen LogP contribution in [0.15, 0.2) is 6.07 Å². The molecule has 0 unspecified atom stereocenters. The summed E-state index contributed by atoms with van der Waals surface area (Å²) in [6.07, 6.45) is 0. The normalized spacial score (nSPS) is 9.38. The molecule has 0 saturated carbocycles. The summed E-state index contributed by atoms with van der Waals surface area (Å²) in [4.78, 5) is 3.95. The number of pyridine rings is 1. The van der Waals surface area contributed by atoms with Crippen molar-refractivity contribution >= 4 is 0 Å². The number of aliphatic hydroxyl groups is 1. The quantitative estimate of drug-likeness (QED) is 0.726. The molecule has 1 rings (SSSR count). The summed E-state index contributed by atoms with van der Waals surface area (Å²) < 4.78 is 4.91. The molecule has 0 aliphatic carbocycles.